The van der Waals surface area contributed by atoms with Crippen LogP contribution in [0.15, 0.2) is 0 Å². The van der Waals surface area contributed by atoms with E-state index in [2.05, 4.69) is 27.7 Å². The Balaban J connectivity index is 0.841. The van der Waals surface area contributed by atoms with E-state index in [4.69, 9.17) is 47.4 Å². The number of rotatable bonds is 12. The Morgan fingerprint density at radius 2 is 1.01 bits per heavy atom. The van der Waals surface area contributed by atoms with Crippen molar-refractivity contribution in [3.05, 3.63) is 0 Å². The molecule has 10 rings (SSSR count). The van der Waals surface area contributed by atoms with E-state index in [0.29, 0.717) is 30.8 Å². The van der Waals surface area contributed by atoms with E-state index >= 15 is 0 Å². The van der Waals surface area contributed by atoms with Gasteiger partial charge in [-0.15, -0.1) is 0 Å². The topological polar surface area (TPSA) is 396 Å². The van der Waals surface area contributed by atoms with Gasteiger partial charge in [0.1, 0.15) is 97.7 Å². The number of hydrogen-bond donors (Lipinski definition) is 15. The molecule has 0 aromatic rings. The van der Waals surface area contributed by atoms with E-state index in [0.717, 1.165) is 32.1 Å². The largest absolute Gasteiger partial charge is 0.394 e. The van der Waals surface area contributed by atoms with Gasteiger partial charge in [0, 0.05) is 12.3 Å². The van der Waals surface area contributed by atoms with Gasteiger partial charge in [0.15, 0.2) is 30.9 Å². The molecule has 438 valence electrons. The zero-order chi connectivity index (χ0) is 54.7. The van der Waals surface area contributed by atoms with Crippen LogP contribution in [0.2, 0.25) is 0 Å². The molecular formula is C51H84O25. The minimum Gasteiger partial charge on any atom is -0.394 e. The summed E-state index contributed by atoms with van der Waals surface area (Å²) in [6.07, 6.45) is -34.2. The van der Waals surface area contributed by atoms with Crippen LogP contribution in [0.4, 0.5) is 0 Å². The smallest absolute Gasteiger partial charge is 0.187 e. The van der Waals surface area contributed by atoms with Crippen molar-refractivity contribution in [3.8, 4) is 0 Å². The predicted molar refractivity (Wildman–Crippen MR) is 251 cm³/mol. The minimum atomic E-state index is -2.07. The van der Waals surface area contributed by atoms with Gasteiger partial charge in [-0.25, -0.2) is 0 Å². The van der Waals surface area contributed by atoms with E-state index in [9.17, 15) is 76.6 Å². The van der Waals surface area contributed by atoms with Crippen molar-refractivity contribution < 1.29 is 124 Å². The Labute approximate surface area is 440 Å². The molecule has 1 spiro atoms. The first-order chi connectivity index (χ1) is 36.0. The highest BCUT2D eigenvalue weighted by molar-refractivity contribution is 5.17. The lowest BCUT2D eigenvalue weighted by molar-refractivity contribution is -0.407. The molecule has 0 radical (unpaired) electrons. The van der Waals surface area contributed by atoms with Crippen LogP contribution in [-0.2, 0) is 47.4 Å². The molecule has 4 saturated carbocycles. The van der Waals surface area contributed by atoms with Gasteiger partial charge >= 0.3 is 0 Å². The fourth-order valence-corrected chi connectivity index (χ4v) is 16.3. The van der Waals surface area contributed by atoms with Crippen LogP contribution in [0.5, 0.6) is 0 Å². The predicted octanol–water partition coefficient (Wildman–Crippen LogP) is -4.97. The summed E-state index contributed by atoms with van der Waals surface area (Å²) >= 11 is 0. The van der Waals surface area contributed by atoms with E-state index in [1.54, 1.807) is 0 Å². The maximum atomic E-state index is 12.1. The Morgan fingerprint density at radius 1 is 0.474 bits per heavy atom. The van der Waals surface area contributed by atoms with E-state index in [1.165, 1.54) is 0 Å². The van der Waals surface area contributed by atoms with E-state index < -0.39 is 179 Å². The molecule has 0 unspecified atom stereocenters. The standard InChI is InChI=1S/C51H84O25/c1-18-5-8-51(67-17-18)19(2)32-27(76-51)10-22-20-9-24(56)23-11-26(25(57)12-50(23,4)21(20)6-7-49(22,32)3)68-45-41(66)38(63)42(31(16-55)72-45)73-48-44(75-47-40(65)37(62)34(59)29(14-53)70-47)43(35(60)30(15-54)71-48)74-46-39(64)36(61)33(58)28(13-52)69-46/h18-48,52-66H,5-17H2,1-4H3/t18-,19+,20-,21+,22+,23-,24-,25-,26-,27+,28-,29-,30-,31-,32+,33-,34-,35-,36+,37+,38-,39-,40-,41-,42+,43+,44-,45-,46+,47+,48+,49+,50-,51-/m1/s1. The number of aliphatic hydroxyl groups is 15. The Kier molecular flexibility index (Phi) is 17.1. The fraction of sp³-hybridized carbons (Fsp3) is 1.00. The molecule has 6 aliphatic heterocycles. The molecule has 6 saturated heterocycles. The third kappa shape index (κ3) is 9.75. The van der Waals surface area contributed by atoms with Crippen molar-refractivity contribution in [1.29, 1.82) is 0 Å². The second-order valence-electron chi connectivity index (χ2n) is 24.6. The number of ether oxygens (including phenoxy) is 10. The molecule has 6 heterocycles. The van der Waals surface area contributed by atoms with Crippen LogP contribution >= 0.6 is 0 Å². The monoisotopic (exact) mass is 1100 g/mol. The van der Waals surface area contributed by atoms with Crippen molar-refractivity contribution in [2.75, 3.05) is 33.0 Å². The molecule has 76 heavy (non-hydrogen) atoms. The average Bonchev–Trinajstić information content (AvgIpc) is 3.85. The highest BCUT2D eigenvalue weighted by Crippen LogP contribution is 2.71. The molecule has 0 aromatic heterocycles. The Bertz CT molecular complexity index is 1950. The van der Waals surface area contributed by atoms with Crippen LogP contribution in [-0.4, -0.2) is 263 Å². The molecule has 15 N–H and O–H groups in total. The zero-order valence-corrected chi connectivity index (χ0v) is 43.4. The molecule has 25 nitrogen and oxygen atoms in total. The summed E-state index contributed by atoms with van der Waals surface area (Å²) in [4.78, 5) is 0. The van der Waals surface area contributed by atoms with Crippen molar-refractivity contribution >= 4 is 0 Å². The number of fused-ring (bicyclic) bond motifs is 7. The minimum absolute atomic E-state index is 0.00414. The molecule has 25 heteroatoms. The van der Waals surface area contributed by atoms with Crippen molar-refractivity contribution in [1.82, 2.24) is 0 Å². The summed E-state index contributed by atoms with van der Waals surface area (Å²) in [6.45, 7) is 6.15. The maximum Gasteiger partial charge on any atom is 0.187 e. The Hall–Kier alpha value is -1.00. The quantitative estimate of drug-likeness (QED) is 0.0814. The summed E-state index contributed by atoms with van der Waals surface area (Å²) in [6, 6.07) is 0. The van der Waals surface area contributed by atoms with Gasteiger partial charge in [-0.1, -0.05) is 27.7 Å². The average molecular weight is 1100 g/mol. The van der Waals surface area contributed by atoms with Crippen LogP contribution in [0.25, 0.3) is 0 Å². The van der Waals surface area contributed by atoms with Crippen LogP contribution in [0.1, 0.15) is 79.1 Å². The molecule has 0 amide bonds. The molecular weight excluding hydrogens is 1010 g/mol. The van der Waals surface area contributed by atoms with Crippen molar-refractivity contribution in [3.63, 3.8) is 0 Å². The van der Waals surface area contributed by atoms with Gasteiger partial charge in [0.25, 0.3) is 0 Å². The van der Waals surface area contributed by atoms with Crippen LogP contribution in [0, 0.1) is 52.3 Å². The summed E-state index contributed by atoms with van der Waals surface area (Å²) in [7, 11) is 0. The molecule has 10 fully saturated rings. The van der Waals surface area contributed by atoms with Gasteiger partial charge in [-0.3, -0.25) is 0 Å². The van der Waals surface area contributed by atoms with E-state index in [-0.39, 0.29) is 48.0 Å². The summed E-state index contributed by atoms with van der Waals surface area (Å²) in [5, 5.41) is 164. The SMILES string of the molecule is C[C@@H]1CC[C@@]2(OC1)O[C@H]1C[C@H]3[C@@H]4C[C@@H](O)[C@H]5C[C@@H](O[C@@H]6O[C@H](CO)[C@H](O[C@@H]7O[C@H](CO)[C@@H](O)[C@H](O[C@@H]8O[C@H](CO)[C@@H](O)[C@H](O)[C@H]8O)[C@H]7O[C@@H]7O[C@H](CO)[C@@H](O)[C@H](O)[C@H]7O)[C@H](O)[C@H]6O)[C@H](O)C[C@]5(C)[C@H]4CC[C@]3(C)[C@H]1[C@@H]2C. The zero-order valence-electron chi connectivity index (χ0n) is 43.4. The number of hydrogen-bond acceptors (Lipinski definition) is 25. The summed E-state index contributed by atoms with van der Waals surface area (Å²) in [5.74, 6) is 0.914. The highest BCUT2D eigenvalue weighted by Gasteiger charge is 2.70. The maximum absolute atomic E-state index is 12.1. The molecule has 10 aliphatic rings. The summed E-state index contributed by atoms with van der Waals surface area (Å²) < 4.78 is 61.0. The second kappa shape index (κ2) is 22.3. The third-order valence-corrected chi connectivity index (χ3v) is 20.4. The highest BCUT2D eigenvalue weighted by atomic mass is 16.8. The van der Waals surface area contributed by atoms with Crippen LogP contribution in [0.3, 0.4) is 0 Å². The summed E-state index contributed by atoms with van der Waals surface area (Å²) in [5.41, 5.74) is -0.483. The first-order valence-corrected chi connectivity index (χ1v) is 27.5. The van der Waals surface area contributed by atoms with E-state index in [1.807, 2.05) is 0 Å². The number of aliphatic hydroxyl groups excluding tert-OH is 15. The van der Waals surface area contributed by atoms with Gasteiger partial charge in [-0.2, -0.15) is 0 Å². The fourth-order valence-electron chi connectivity index (χ4n) is 16.3. The van der Waals surface area contributed by atoms with Gasteiger partial charge in [0.05, 0.1) is 57.5 Å². The molecule has 34 atom stereocenters. The Morgan fingerprint density at radius 3 is 1.61 bits per heavy atom. The first kappa shape index (κ1) is 58.2. The second-order valence-corrected chi connectivity index (χ2v) is 24.6. The third-order valence-electron chi connectivity index (χ3n) is 20.4. The van der Waals surface area contributed by atoms with Gasteiger partial charge in [-0.05, 0) is 91.3 Å². The first-order valence-electron chi connectivity index (χ1n) is 27.5. The van der Waals surface area contributed by atoms with Gasteiger partial charge < -0.3 is 124 Å². The lowest BCUT2D eigenvalue weighted by Gasteiger charge is -2.63. The van der Waals surface area contributed by atoms with Gasteiger partial charge in [0.2, 0.25) is 0 Å². The normalized spacial score (nSPS) is 58.4. The van der Waals surface area contributed by atoms with Crippen molar-refractivity contribution in [2.45, 2.75) is 232 Å². The molecule has 0 aromatic carbocycles. The van der Waals surface area contributed by atoms with Crippen molar-refractivity contribution in [2.24, 2.45) is 52.3 Å². The lowest BCUT2D eigenvalue weighted by atomic mass is 9.43. The molecule has 4 aliphatic carbocycles. The molecule has 0 bridgehead atoms. The van der Waals surface area contributed by atoms with Crippen LogP contribution < -0.4 is 0 Å². The lowest BCUT2D eigenvalue weighted by Crippen LogP contribution is -2.69.